The number of nitrogens with zero attached hydrogens (tertiary/aromatic N) is 5. The van der Waals surface area contributed by atoms with Gasteiger partial charge in [-0.05, 0) is 6.54 Å². The van der Waals surface area contributed by atoms with E-state index in [4.69, 9.17) is 8.94 Å². The third kappa shape index (κ3) is 3.60. The molecule has 0 radical (unpaired) electrons. The Morgan fingerprint density at radius 3 is 2.53 bits per heavy atom. The second-order valence-electron chi connectivity index (χ2n) is 4.72. The molecule has 2 rings (SSSR count). The molecular weight excluding hydrogens is 246 g/mol. The number of rotatable bonds is 6. The predicted octanol–water partition coefficient (Wildman–Crippen LogP) is 1.91. The summed E-state index contributed by atoms with van der Waals surface area (Å²) in [5, 5.41) is 12.0. The smallest absolute Gasteiger partial charge is 0.230 e. The highest BCUT2D eigenvalue weighted by molar-refractivity contribution is 4.89. The highest BCUT2D eigenvalue weighted by atomic mass is 16.5. The molecule has 104 valence electrons. The molecule has 7 heteroatoms. The lowest BCUT2D eigenvalue weighted by atomic mass is 10.2. The summed E-state index contributed by atoms with van der Waals surface area (Å²) in [4.78, 5) is 6.30. The van der Waals surface area contributed by atoms with Crippen molar-refractivity contribution in [3.05, 3.63) is 23.5 Å². The van der Waals surface area contributed by atoms with Gasteiger partial charge in [-0.2, -0.15) is 4.98 Å². The summed E-state index contributed by atoms with van der Waals surface area (Å²) in [6.07, 6.45) is 0. The Labute approximate surface area is 112 Å². The third-order valence-electron chi connectivity index (χ3n) is 2.72. The Bertz CT molecular complexity index is 520. The van der Waals surface area contributed by atoms with Crippen molar-refractivity contribution in [3.63, 3.8) is 0 Å². The van der Waals surface area contributed by atoms with Crippen LogP contribution in [0.3, 0.4) is 0 Å². The van der Waals surface area contributed by atoms with E-state index in [0.29, 0.717) is 36.6 Å². The fourth-order valence-corrected chi connectivity index (χ4v) is 1.64. The lowest BCUT2D eigenvalue weighted by molar-refractivity contribution is 0.230. The van der Waals surface area contributed by atoms with Crippen LogP contribution in [-0.4, -0.2) is 31.8 Å². The van der Waals surface area contributed by atoms with E-state index in [1.165, 1.54) is 0 Å². The van der Waals surface area contributed by atoms with Gasteiger partial charge in [-0.3, -0.25) is 4.90 Å². The van der Waals surface area contributed by atoms with Crippen LogP contribution in [-0.2, 0) is 13.1 Å². The normalized spacial score (nSPS) is 11.7. The van der Waals surface area contributed by atoms with Crippen LogP contribution in [0.2, 0.25) is 0 Å². The van der Waals surface area contributed by atoms with Gasteiger partial charge < -0.3 is 8.94 Å². The second kappa shape index (κ2) is 5.92. The van der Waals surface area contributed by atoms with E-state index < -0.39 is 0 Å². The van der Waals surface area contributed by atoms with Gasteiger partial charge in [0.2, 0.25) is 17.7 Å². The first-order valence-electron chi connectivity index (χ1n) is 6.42. The number of hydrogen-bond acceptors (Lipinski definition) is 7. The van der Waals surface area contributed by atoms with Crippen LogP contribution in [0.1, 0.15) is 50.2 Å². The zero-order valence-corrected chi connectivity index (χ0v) is 11.8. The van der Waals surface area contributed by atoms with Crippen LogP contribution >= 0.6 is 0 Å². The van der Waals surface area contributed by atoms with Crippen molar-refractivity contribution in [1.29, 1.82) is 0 Å². The summed E-state index contributed by atoms with van der Waals surface area (Å²) in [6.45, 7) is 9.92. The molecule has 0 fully saturated rings. The van der Waals surface area contributed by atoms with Gasteiger partial charge in [-0.1, -0.05) is 25.9 Å². The van der Waals surface area contributed by atoms with Crippen molar-refractivity contribution in [3.8, 4) is 0 Å². The van der Waals surface area contributed by atoms with E-state index in [2.05, 4.69) is 32.2 Å². The summed E-state index contributed by atoms with van der Waals surface area (Å²) < 4.78 is 10.5. The van der Waals surface area contributed by atoms with Crippen LogP contribution in [0.25, 0.3) is 0 Å². The lowest BCUT2D eigenvalue weighted by Crippen LogP contribution is -2.23. The summed E-state index contributed by atoms with van der Waals surface area (Å²) in [5.41, 5.74) is 0. The van der Waals surface area contributed by atoms with E-state index in [9.17, 15) is 0 Å². The summed E-state index contributed by atoms with van der Waals surface area (Å²) in [6, 6.07) is 0. The molecule has 0 unspecified atom stereocenters. The SMILES string of the molecule is CCN(Cc1noc(C)n1)Cc1nnc(C(C)C)o1. The van der Waals surface area contributed by atoms with Crippen LogP contribution < -0.4 is 0 Å². The number of aryl methyl sites for hydroxylation is 1. The van der Waals surface area contributed by atoms with Crippen LogP contribution in [0.15, 0.2) is 8.94 Å². The molecule has 2 heterocycles. The topological polar surface area (TPSA) is 81.1 Å². The zero-order chi connectivity index (χ0) is 13.8. The van der Waals surface area contributed by atoms with E-state index >= 15 is 0 Å². The Kier molecular flexibility index (Phi) is 4.26. The summed E-state index contributed by atoms with van der Waals surface area (Å²) in [7, 11) is 0. The van der Waals surface area contributed by atoms with Gasteiger partial charge in [0.1, 0.15) is 0 Å². The molecule has 0 saturated carbocycles. The Hall–Kier alpha value is -1.76. The van der Waals surface area contributed by atoms with Crippen LogP contribution in [0.5, 0.6) is 0 Å². The molecule has 0 N–H and O–H groups in total. The average molecular weight is 265 g/mol. The highest BCUT2D eigenvalue weighted by Gasteiger charge is 2.14. The van der Waals surface area contributed by atoms with Crippen molar-refractivity contribution in [2.75, 3.05) is 6.54 Å². The minimum atomic E-state index is 0.246. The van der Waals surface area contributed by atoms with Crippen molar-refractivity contribution in [2.45, 2.75) is 46.7 Å². The molecule has 2 aromatic heterocycles. The van der Waals surface area contributed by atoms with E-state index in [-0.39, 0.29) is 5.92 Å². The molecule has 0 aliphatic carbocycles. The lowest BCUT2D eigenvalue weighted by Gasteiger charge is -2.15. The van der Waals surface area contributed by atoms with Crippen LogP contribution in [0.4, 0.5) is 0 Å². The fourth-order valence-electron chi connectivity index (χ4n) is 1.64. The maximum atomic E-state index is 5.59. The standard InChI is InChI=1S/C12H19N5O2/c1-5-17(6-10-13-9(4)19-16-10)7-11-14-15-12(18-11)8(2)3/h8H,5-7H2,1-4H3. The molecule has 19 heavy (non-hydrogen) atoms. The van der Waals surface area contributed by atoms with Crippen molar-refractivity contribution < 1.29 is 8.94 Å². The summed E-state index contributed by atoms with van der Waals surface area (Å²) in [5.74, 6) is 2.78. The van der Waals surface area contributed by atoms with Gasteiger partial charge in [0.05, 0.1) is 13.1 Å². The molecule has 2 aromatic rings. The molecule has 0 saturated heterocycles. The Morgan fingerprint density at radius 2 is 2.00 bits per heavy atom. The Morgan fingerprint density at radius 1 is 1.21 bits per heavy atom. The second-order valence-corrected chi connectivity index (χ2v) is 4.72. The first kappa shape index (κ1) is 13.7. The van der Waals surface area contributed by atoms with Crippen molar-refractivity contribution >= 4 is 0 Å². The fraction of sp³-hybridized carbons (Fsp3) is 0.667. The van der Waals surface area contributed by atoms with Crippen LogP contribution in [0, 0.1) is 6.92 Å². The van der Waals surface area contributed by atoms with Gasteiger partial charge in [0.25, 0.3) is 0 Å². The monoisotopic (exact) mass is 265 g/mol. The van der Waals surface area contributed by atoms with Gasteiger partial charge >= 0.3 is 0 Å². The number of hydrogen-bond donors (Lipinski definition) is 0. The molecule has 0 aliphatic rings. The molecule has 0 atom stereocenters. The maximum Gasteiger partial charge on any atom is 0.230 e. The molecule has 0 aromatic carbocycles. The molecule has 0 aliphatic heterocycles. The van der Waals surface area contributed by atoms with Crippen molar-refractivity contribution in [2.24, 2.45) is 0 Å². The first-order valence-corrected chi connectivity index (χ1v) is 6.42. The number of aromatic nitrogens is 4. The largest absolute Gasteiger partial charge is 0.424 e. The third-order valence-corrected chi connectivity index (χ3v) is 2.72. The minimum absolute atomic E-state index is 0.246. The Balaban J connectivity index is 1.98. The van der Waals surface area contributed by atoms with Gasteiger partial charge in [-0.15, -0.1) is 10.2 Å². The minimum Gasteiger partial charge on any atom is -0.424 e. The van der Waals surface area contributed by atoms with E-state index in [1.807, 2.05) is 13.8 Å². The maximum absolute atomic E-state index is 5.59. The summed E-state index contributed by atoms with van der Waals surface area (Å²) >= 11 is 0. The van der Waals surface area contributed by atoms with Crippen molar-refractivity contribution in [1.82, 2.24) is 25.2 Å². The van der Waals surface area contributed by atoms with Gasteiger partial charge in [-0.25, -0.2) is 0 Å². The quantitative estimate of drug-likeness (QED) is 0.789. The molecular formula is C12H19N5O2. The molecule has 0 amide bonds. The molecule has 0 spiro atoms. The van der Waals surface area contributed by atoms with E-state index in [0.717, 1.165) is 6.54 Å². The molecule has 7 nitrogen and oxygen atoms in total. The van der Waals surface area contributed by atoms with Gasteiger partial charge in [0, 0.05) is 12.8 Å². The highest BCUT2D eigenvalue weighted by Crippen LogP contribution is 2.13. The zero-order valence-electron chi connectivity index (χ0n) is 11.8. The van der Waals surface area contributed by atoms with E-state index in [1.54, 1.807) is 6.92 Å². The van der Waals surface area contributed by atoms with Gasteiger partial charge in [0.15, 0.2) is 5.82 Å². The average Bonchev–Trinajstić information content (AvgIpc) is 2.98. The molecule has 0 bridgehead atoms. The predicted molar refractivity (Wildman–Crippen MR) is 67.2 cm³/mol. The first-order chi connectivity index (χ1) is 9.08.